The molecule has 158 valence electrons. The van der Waals surface area contributed by atoms with Crippen molar-refractivity contribution < 1.29 is 9.21 Å². The zero-order chi connectivity index (χ0) is 21.5. The second-order valence-corrected chi connectivity index (χ2v) is 8.07. The van der Waals surface area contributed by atoms with Crippen molar-refractivity contribution in [3.05, 3.63) is 70.0 Å². The molecule has 1 aliphatic heterocycles. The lowest BCUT2D eigenvalue weighted by Crippen LogP contribution is -2.40. The van der Waals surface area contributed by atoms with Gasteiger partial charge < -0.3 is 13.9 Å². The Labute approximate surface area is 179 Å². The third-order valence-electron chi connectivity index (χ3n) is 6.07. The summed E-state index contributed by atoms with van der Waals surface area (Å²) in [5.41, 5.74) is 3.07. The van der Waals surface area contributed by atoms with E-state index in [0.29, 0.717) is 30.7 Å². The van der Waals surface area contributed by atoms with Gasteiger partial charge in [-0.1, -0.05) is 12.1 Å². The van der Waals surface area contributed by atoms with Crippen LogP contribution in [0, 0.1) is 6.92 Å². The second kappa shape index (κ2) is 7.65. The molecule has 0 bridgehead atoms. The Bertz CT molecular complexity index is 1310. The van der Waals surface area contributed by atoms with Gasteiger partial charge in [0.25, 0.3) is 5.91 Å². The maximum absolute atomic E-state index is 13.2. The fraction of sp³-hybridized carbons (Fsp3) is 0.333. The molecule has 7 nitrogen and oxygen atoms in total. The van der Waals surface area contributed by atoms with Crippen molar-refractivity contribution in [2.75, 3.05) is 13.1 Å². The summed E-state index contributed by atoms with van der Waals surface area (Å²) in [7, 11) is 0. The molecule has 4 heterocycles. The Kier molecular flexibility index (Phi) is 4.81. The van der Waals surface area contributed by atoms with Gasteiger partial charge in [-0.2, -0.15) is 0 Å². The number of carbonyl (C=O) groups is 1. The topological polar surface area (TPSA) is 81.2 Å². The van der Waals surface area contributed by atoms with Crippen LogP contribution in [0.2, 0.25) is 0 Å². The molecule has 3 aromatic heterocycles. The first-order valence-corrected chi connectivity index (χ1v) is 10.7. The van der Waals surface area contributed by atoms with Gasteiger partial charge in [-0.15, -0.1) is 0 Å². The van der Waals surface area contributed by atoms with Gasteiger partial charge in [0.05, 0.1) is 5.39 Å². The summed E-state index contributed by atoms with van der Waals surface area (Å²) in [6.07, 6.45) is 3.18. The average molecular weight is 416 g/mol. The molecule has 0 N–H and O–H groups in total. The molecule has 0 atom stereocenters. The third kappa shape index (κ3) is 3.40. The molecular weight excluding hydrogens is 392 g/mol. The normalized spacial score (nSPS) is 15.1. The van der Waals surface area contributed by atoms with Crippen LogP contribution in [0.25, 0.3) is 22.1 Å². The van der Waals surface area contributed by atoms with E-state index in [4.69, 9.17) is 4.42 Å². The Balaban J connectivity index is 1.39. The Hall–Kier alpha value is -3.48. The Morgan fingerprint density at radius 1 is 1.13 bits per heavy atom. The second-order valence-electron chi connectivity index (χ2n) is 8.07. The van der Waals surface area contributed by atoms with Crippen molar-refractivity contribution >= 4 is 28.0 Å². The summed E-state index contributed by atoms with van der Waals surface area (Å²) >= 11 is 0. The van der Waals surface area contributed by atoms with E-state index in [0.717, 1.165) is 35.5 Å². The van der Waals surface area contributed by atoms with E-state index in [2.05, 4.69) is 9.97 Å². The van der Waals surface area contributed by atoms with E-state index < -0.39 is 0 Å². The largest absolute Gasteiger partial charge is 0.440 e. The molecule has 1 fully saturated rings. The van der Waals surface area contributed by atoms with Crippen molar-refractivity contribution in [2.45, 2.75) is 39.2 Å². The van der Waals surface area contributed by atoms with Gasteiger partial charge in [0.15, 0.2) is 11.5 Å². The molecule has 0 unspecified atom stereocenters. The number of hydrogen-bond acceptors (Lipinski definition) is 5. The molecule has 4 aromatic rings. The Morgan fingerprint density at radius 3 is 2.65 bits per heavy atom. The van der Waals surface area contributed by atoms with Crippen LogP contribution in [0.5, 0.6) is 0 Å². The molecule has 31 heavy (non-hydrogen) atoms. The van der Waals surface area contributed by atoms with Crippen molar-refractivity contribution in [3.8, 4) is 0 Å². The number of likely N-dealkylation sites (tertiary alicyclic amines) is 1. The number of aryl methyl sites for hydroxylation is 2. The van der Waals surface area contributed by atoms with Crippen LogP contribution in [0.3, 0.4) is 0 Å². The van der Waals surface area contributed by atoms with Crippen molar-refractivity contribution in [3.63, 3.8) is 0 Å². The summed E-state index contributed by atoms with van der Waals surface area (Å²) in [4.78, 5) is 37.2. The van der Waals surface area contributed by atoms with Gasteiger partial charge >= 0.3 is 0 Å². The van der Waals surface area contributed by atoms with E-state index in [9.17, 15) is 9.59 Å². The standard InChI is InChI=1S/C24H24N4O3/c1-3-27-14-18(21(29)17-9-8-15(2)25-22(17)27)24(30)28-12-10-16(11-13-28)23-26-19-6-4-5-7-20(19)31-23/h4-9,14,16H,3,10-13H2,1-2H3. The minimum Gasteiger partial charge on any atom is -0.440 e. The molecule has 1 aromatic carbocycles. The van der Waals surface area contributed by atoms with Gasteiger partial charge in [-0.3, -0.25) is 9.59 Å². The van der Waals surface area contributed by atoms with Crippen LogP contribution in [-0.4, -0.2) is 38.4 Å². The van der Waals surface area contributed by atoms with E-state index in [1.54, 1.807) is 17.2 Å². The highest BCUT2D eigenvalue weighted by Gasteiger charge is 2.29. The van der Waals surface area contributed by atoms with Crippen molar-refractivity contribution in [1.82, 2.24) is 19.4 Å². The van der Waals surface area contributed by atoms with Crippen LogP contribution in [-0.2, 0) is 6.54 Å². The van der Waals surface area contributed by atoms with Crippen LogP contribution in [0.1, 0.15) is 47.6 Å². The van der Waals surface area contributed by atoms with E-state index >= 15 is 0 Å². The van der Waals surface area contributed by atoms with Crippen LogP contribution < -0.4 is 5.43 Å². The van der Waals surface area contributed by atoms with Crippen molar-refractivity contribution in [2.24, 2.45) is 0 Å². The number of pyridine rings is 2. The quantitative estimate of drug-likeness (QED) is 0.506. The minimum absolute atomic E-state index is 0.174. The van der Waals surface area contributed by atoms with E-state index in [-0.39, 0.29) is 22.8 Å². The zero-order valence-electron chi connectivity index (χ0n) is 17.7. The lowest BCUT2D eigenvalue weighted by molar-refractivity contribution is 0.0705. The van der Waals surface area contributed by atoms with Crippen molar-refractivity contribution in [1.29, 1.82) is 0 Å². The SMILES string of the molecule is CCn1cc(C(=O)N2CCC(c3nc4ccccc4o3)CC2)c(=O)c2ccc(C)nc21. The molecular formula is C24H24N4O3. The smallest absolute Gasteiger partial charge is 0.259 e. The number of aromatic nitrogens is 3. The van der Waals surface area contributed by atoms with Gasteiger partial charge in [0.1, 0.15) is 16.7 Å². The predicted octanol–water partition coefficient (Wildman–Crippen LogP) is 3.89. The fourth-order valence-electron chi connectivity index (χ4n) is 4.32. The highest BCUT2D eigenvalue weighted by molar-refractivity contribution is 5.97. The predicted molar refractivity (Wildman–Crippen MR) is 118 cm³/mol. The third-order valence-corrected chi connectivity index (χ3v) is 6.07. The number of fused-ring (bicyclic) bond motifs is 2. The monoisotopic (exact) mass is 416 g/mol. The summed E-state index contributed by atoms with van der Waals surface area (Å²) in [5.74, 6) is 0.687. The minimum atomic E-state index is -0.252. The molecule has 1 aliphatic rings. The molecule has 0 saturated carbocycles. The number of piperidine rings is 1. The molecule has 0 aliphatic carbocycles. The van der Waals surface area contributed by atoms with Gasteiger partial charge in [0.2, 0.25) is 5.43 Å². The number of oxazole rings is 1. The summed E-state index contributed by atoms with van der Waals surface area (Å²) in [6.45, 7) is 5.64. The number of hydrogen-bond donors (Lipinski definition) is 0. The summed E-state index contributed by atoms with van der Waals surface area (Å²) in [5, 5.41) is 0.486. The van der Waals surface area contributed by atoms with Crippen LogP contribution >= 0.6 is 0 Å². The Morgan fingerprint density at radius 2 is 1.90 bits per heavy atom. The van der Waals surface area contributed by atoms with E-state index in [1.165, 1.54) is 0 Å². The van der Waals surface area contributed by atoms with E-state index in [1.807, 2.05) is 48.7 Å². The lowest BCUT2D eigenvalue weighted by atomic mass is 9.96. The molecule has 0 radical (unpaired) electrons. The lowest BCUT2D eigenvalue weighted by Gasteiger charge is -2.30. The van der Waals surface area contributed by atoms with Gasteiger partial charge in [0, 0.05) is 37.4 Å². The number of carbonyl (C=O) groups excluding carboxylic acids is 1. The highest BCUT2D eigenvalue weighted by atomic mass is 16.3. The molecule has 0 spiro atoms. The van der Waals surface area contributed by atoms with Gasteiger partial charge in [-0.05, 0) is 51.0 Å². The molecule has 1 saturated heterocycles. The number of rotatable bonds is 3. The summed E-state index contributed by atoms with van der Waals surface area (Å²) < 4.78 is 7.80. The fourth-order valence-corrected chi connectivity index (χ4v) is 4.32. The number of para-hydroxylation sites is 2. The first-order chi connectivity index (χ1) is 15.0. The summed E-state index contributed by atoms with van der Waals surface area (Å²) in [6, 6.07) is 11.3. The highest BCUT2D eigenvalue weighted by Crippen LogP contribution is 2.30. The zero-order valence-corrected chi connectivity index (χ0v) is 17.7. The first-order valence-electron chi connectivity index (χ1n) is 10.7. The maximum atomic E-state index is 13.2. The molecule has 5 rings (SSSR count). The van der Waals surface area contributed by atoms with Gasteiger partial charge in [-0.25, -0.2) is 9.97 Å². The number of amides is 1. The molecule has 1 amide bonds. The molecule has 7 heteroatoms. The van der Waals surface area contributed by atoms with Crippen LogP contribution in [0.15, 0.2) is 51.8 Å². The van der Waals surface area contributed by atoms with Crippen LogP contribution in [0.4, 0.5) is 0 Å². The average Bonchev–Trinajstić information content (AvgIpc) is 3.23. The first kappa shape index (κ1) is 19.5. The number of benzene rings is 1. The number of nitrogens with zero attached hydrogens (tertiary/aromatic N) is 4. The maximum Gasteiger partial charge on any atom is 0.259 e.